The number of carbonyl (C=O) groups is 2. The lowest BCUT2D eigenvalue weighted by Gasteiger charge is -2.20. The van der Waals surface area contributed by atoms with Gasteiger partial charge in [-0.15, -0.1) is 0 Å². The van der Waals surface area contributed by atoms with Crippen LogP contribution in [0.15, 0.2) is 36.4 Å². The first-order valence-electron chi connectivity index (χ1n) is 12.5. The summed E-state index contributed by atoms with van der Waals surface area (Å²) in [7, 11) is 0. The Kier molecular flexibility index (Phi) is 6.86. The Morgan fingerprint density at radius 3 is 1.37 bits per heavy atom. The van der Waals surface area contributed by atoms with Crippen LogP contribution in [0, 0.1) is 27.7 Å². The molecule has 3 aromatic carbocycles. The van der Waals surface area contributed by atoms with Crippen LogP contribution < -0.4 is 9.47 Å². The number of carboxylic acids is 2. The van der Waals surface area contributed by atoms with Gasteiger partial charge in [0.15, 0.2) is 0 Å². The van der Waals surface area contributed by atoms with E-state index in [9.17, 15) is 19.8 Å². The van der Waals surface area contributed by atoms with Crippen molar-refractivity contribution in [2.75, 3.05) is 26.4 Å². The molecule has 2 fully saturated rings. The quantitative estimate of drug-likeness (QED) is 0.352. The van der Waals surface area contributed by atoms with Gasteiger partial charge in [-0.1, -0.05) is 24.3 Å². The summed E-state index contributed by atoms with van der Waals surface area (Å²) in [5.41, 5.74) is 5.82. The molecule has 0 bridgehead atoms. The first-order valence-corrected chi connectivity index (χ1v) is 12.5. The van der Waals surface area contributed by atoms with Gasteiger partial charge < -0.3 is 29.2 Å². The Balaban J connectivity index is 1.56. The molecule has 0 aromatic heterocycles. The standard InChI is InChI=1S/C30H30O8/c1-15-9-23(29(31)32)25(17(3)27(15)37-13-21-11-35-21)19-5-7-20(8-6-19)26-18(4)28(38-14-22-12-36-22)16(2)10-24(26)30(33)34/h5-10,21-22H,11-14H2,1-4H3,(H,31,32)(H,33,34). The van der Waals surface area contributed by atoms with E-state index >= 15 is 0 Å². The SMILES string of the molecule is Cc1cc(C(=O)O)c(-c2ccc(-c3c(C(=O)O)cc(C)c(OCC4CO4)c3C)cc2)c(C)c1OCC1CO1. The number of hydrogen-bond acceptors (Lipinski definition) is 6. The average molecular weight is 519 g/mol. The molecular formula is C30H30O8. The van der Waals surface area contributed by atoms with Crippen molar-refractivity contribution in [3.8, 4) is 33.8 Å². The maximum absolute atomic E-state index is 12.2. The highest BCUT2D eigenvalue weighted by atomic mass is 16.6. The number of hydrogen-bond donors (Lipinski definition) is 2. The normalized spacial score (nSPS) is 17.7. The molecule has 5 rings (SSSR count). The molecule has 0 saturated carbocycles. The third kappa shape index (κ3) is 5.10. The number of aryl methyl sites for hydroxylation is 2. The van der Waals surface area contributed by atoms with Crippen LogP contribution in [0.5, 0.6) is 11.5 Å². The van der Waals surface area contributed by atoms with Crippen molar-refractivity contribution in [2.24, 2.45) is 0 Å². The zero-order valence-electron chi connectivity index (χ0n) is 21.8. The summed E-state index contributed by atoms with van der Waals surface area (Å²) < 4.78 is 22.5. The van der Waals surface area contributed by atoms with Crippen molar-refractivity contribution in [1.29, 1.82) is 0 Å². The van der Waals surface area contributed by atoms with Crippen LogP contribution in [-0.2, 0) is 9.47 Å². The van der Waals surface area contributed by atoms with E-state index in [1.165, 1.54) is 0 Å². The van der Waals surface area contributed by atoms with Crippen molar-refractivity contribution >= 4 is 11.9 Å². The van der Waals surface area contributed by atoms with Gasteiger partial charge in [0, 0.05) is 11.1 Å². The number of epoxide rings is 2. The van der Waals surface area contributed by atoms with Crippen LogP contribution >= 0.6 is 0 Å². The minimum atomic E-state index is -1.03. The van der Waals surface area contributed by atoms with Gasteiger partial charge >= 0.3 is 11.9 Å². The van der Waals surface area contributed by atoms with Crippen LogP contribution in [0.1, 0.15) is 43.0 Å². The van der Waals surface area contributed by atoms with Crippen molar-refractivity contribution in [2.45, 2.75) is 39.9 Å². The fourth-order valence-electron chi connectivity index (χ4n) is 4.94. The van der Waals surface area contributed by atoms with Crippen LogP contribution in [-0.4, -0.2) is 60.8 Å². The van der Waals surface area contributed by atoms with E-state index in [2.05, 4.69) is 0 Å². The Bertz CT molecular complexity index is 1310. The molecule has 8 nitrogen and oxygen atoms in total. The fraction of sp³-hybridized carbons (Fsp3) is 0.333. The smallest absolute Gasteiger partial charge is 0.336 e. The lowest BCUT2D eigenvalue weighted by molar-refractivity contribution is 0.0686. The summed E-state index contributed by atoms with van der Waals surface area (Å²) in [6, 6.07) is 10.5. The molecule has 0 spiro atoms. The van der Waals surface area contributed by atoms with E-state index in [-0.39, 0.29) is 23.3 Å². The minimum absolute atomic E-state index is 0.0718. The topological polar surface area (TPSA) is 118 Å². The minimum Gasteiger partial charge on any atom is -0.490 e. The average Bonchev–Trinajstić information content (AvgIpc) is 3.79. The maximum atomic E-state index is 12.2. The molecule has 2 aliphatic rings. The molecule has 2 atom stereocenters. The van der Waals surface area contributed by atoms with E-state index in [0.29, 0.717) is 60.2 Å². The van der Waals surface area contributed by atoms with Crippen molar-refractivity contribution in [3.63, 3.8) is 0 Å². The van der Waals surface area contributed by atoms with Gasteiger partial charge in [-0.3, -0.25) is 0 Å². The summed E-state index contributed by atoms with van der Waals surface area (Å²) in [5, 5.41) is 19.9. The highest BCUT2D eigenvalue weighted by Gasteiger charge is 2.27. The Morgan fingerprint density at radius 1 is 0.737 bits per heavy atom. The summed E-state index contributed by atoms with van der Waals surface area (Å²) in [5.74, 6) is -0.769. The molecular weight excluding hydrogens is 488 g/mol. The van der Waals surface area contributed by atoms with Crippen LogP contribution in [0.2, 0.25) is 0 Å². The van der Waals surface area contributed by atoms with E-state index < -0.39 is 11.9 Å². The number of carboxylic acid groups (broad SMARTS) is 2. The summed E-state index contributed by atoms with van der Waals surface area (Å²) in [6.45, 7) is 9.52. The molecule has 38 heavy (non-hydrogen) atoms. The number of ether oxygens (including phenoxy) is 4. The first-order chi connectivity index (χ1) is 18.2. The van der Waals surface area contributed by atoms with Crippen LogP contribution in [0.3, 0.4) is 0 Å². The van der Waals surface area contributed by atoms with Gasteiger partial charge in [0.1, 0.15) is 36.9 Å². The van der Waals surface area contributed by atoms with Gasteiger partial charge in [0.05, 0.1) is 24.3 Å². The van der Waals surface area contributed by atoms with Gasteiger partial charge in [0.25, 0.3) is 0 Å². The zero-order valence-corrected chi connectivity index (χ0v) is 21.8. The molecule has 198 valence electrons. The Hall–Kier alpha value is -3.88. The predicted molar refractivity (Wildman–Crippen MR) is 141 cm³/mol. The van der Waals surface area contributed by atoms with Crippen LogP contribution in [0.4, 0.5) is 0 Å². The molecule has 0 radical (unpaired) electrons. The highest BCUT2D eigenvalue weighted by molar-refractivity contribution is 6.00. The summed E-state index contributed by atoms with van der Waals surface area (Å²) in [4.78, 5) is 24.3. The second kappa shape index (κ2) is 10.1. The van der Waals surface area contributed by atoms with Crippen molar-refractivity contribution in [3.05, 3.63) is 69.8 Å². The van der Waals surface area contributed by atoms with Crippen molar-refractivity contribution < 1.29 is 38.7 Å². The zero-order chi connectivity index (χ0) is 27.1. The van der Waals surface area contributed by atoms with E-state index in [1.54, 1.807) is 12.1 Å². The summed E-state index contributed by atoms with van der Waals surface area (Å²) in [6.07, 6.45) is 0.144. The van der Waals surface area contributed by atoms with Gasteiger partial charge in [-0.25, -0.2) is 9.59 Å². The molecule has 2 N–H and O–H groups in total. The van der Waals surface area contributed by atoms with Gasteiger partial charge in [-0.05, 0) is 73.2 Å². The predicted octanol–water partition coefficient (Wildman–Crippen LogP) is 5.21. The highest BCUT2D eigenvalue weighted by Crippen LogP contribution is 2.40. The first kappa shape index (κ1) is 25.8. The van der Waals surface area contributed by atoms with E-state index in [1.807, 2.05) is 52.0 Å². The molecule has 3 aromatic rings. The molecule has 2 aliphatic heterocycles. The fourth-order valence-corrected chi connectivity index (χ4v) is 4.94. The molecule has 0 amide bonds. The monoisotopic (exact) mass is 518 g/mol. The van der Waals surface area contributed by atoms with Gasteiger partial charge in [0.2, 0.25) is 0 Å². The number of aromatic carboxylic acids is 2. The summed E-state index contributed by atoms with van der Waals surface area (Å²) >= 11 is 0. The lowest BCUT2D eigenvalue weighted by Crippen LogP contribution is -2.10. The number of benzene rings is 3. The third-order valence-electron chi connectivity index (χ3n) is 6.96. The van der Waals surface area contributed by atoms with E-state index in [0.717, 1.165) is 22.3 Å². The maximum Gasteiger partial charge on any atom is 0.336 e. The Morgan fingerprint density at radius 2 is 1.08 bits per heavy atom. The van der Waals surface area contributed by atoms with Crippen molar-refractivity contribution in [1.82, 2.24) is 0 Å². The molecule has 8 heteroatoms. The third-order valence-corrected chi connectivity index (χ3v) is 6.96. The Labute approximate surface area is 220 Å². The number of rotatable bonds is 10. The lowest BCUT2D eigenvalue weighted by atomic mass is 9.88. The van der Waals surface area contributed by atoms with E-state index in [4.69, 9.17) is 18.9 Å². The molecule has 2 heterocycles. The van der Waals surface area contributed by atoms with Gasteiger partial charge in [-0.2, -0.15) is 0 Å². The van der Waals surface area contributed by atoms with Crippen LogP contribution in [0.25, 0.3) is 22.3 Å². The molecule has 2 saturated heterocycles. The second-order valence-corrected chi connectivity index (χ2v) is 9.86. The largest absolute Gasteiger partial charge is 0.490 e. The molecule has 2 unspecified atom stereocenters. The molecule has 0 aliphatic carbocycles. The second-order valence-electron chi connectivity index (χ2n) is 9.86.